The van der Waals surface area contributed by atoms with Crippen LogP contribution in [0.25, 0.3) is 10.9 Å². The Morgan fingerprint density at radius 1 is 0.889 bits per heavy atom. The average molecular weight is 493 g/mol. The second kappa shape index (κ2) is 9.19. The van der Waals surface area contributed by atoms with Crippen molar-refractivity contribution >= 4 is 23.1 Å². The van der Waals surface area contributed by atoms with Crippen molar-refractivity contribution < 1.29 is 23.8 Å². The van der Waals surface area contributed by atoms with Gasteiger partial charge in [-0.3, -0.25) is 4.90 Å². The zero-order valence-electron chi connectivity index (χ0n) is 22.5. The molecule has 1 aromatic heterocycles. The molecule has 1 atom stereocenters. The summed E-state index contributed by atoms with van der Waals surface area (Å²) >= 11 is 0. The van der Waals surface area contributed by atoms with E-state index < -0.39 is 29.4 Å². The first-order valence-corrected chi connectivity index (χ1v) is 12.3. The van der Waals surface area contributed by atoms with E-state index >= 15 is 0 Å². The smallest absolute Gasteiger partial charge is 0.419 e. The minimum absolute atomic E-state index is 0.425. The van der Waals surface area contributed by atoms with Gasteiger partial charge in [-0.1, -0.05) is 23.8 Å². The molecular weight excluding hydrogens is 456 g/mol. The molecule has 3 aromatic rings. The van der Waals surface area contributed by atoms with E-state index in [4.69, 9.17) is 14.2 Å². The largest absolute Gasteiger partial charge is 0.497 e. The fourth-order valence-electron chi connectivity index (χ4n) is 4.69. The quantitative estimate of drug-likeness (QED) is 0.402. The van der Waals surface area contributed by atoms with Crippen molar-refractivity contribution in [1.29, 1.82) is 0 Å². The first-order chi connectivity index (χ1) is 16.8. The third-order valence-electron chi connectivity index (χ3n) is 6.08. The van der Waals surface area contributed by atoms with Gasteiger partial charge in [0, 0.05) is 11.9 Å². The SMILES string of the molecule is COc1ccc(C2c3c(c4cc(C)ccc4n3C(=O)OC(C)(C)C)CCN2C(=O)OC(C)(C)C)cc1. The Bertz CT molecular complexity index is 1290. The van der Waals surface area contributed by atoms with Gasteiger partial charge in [-0.2, -0.15) is 0 Å². The Balaban J connectivity index is 1.98. The molecule has 2 heterocycles. The number of benzene rings is 2. The van der Waals surface area contributed by atoms with Crippen molar-refractivity contribution in [3.05, 3.63) is 64.8 Å². The van der Waals surface area contributed by atoms with Crippen molar-refractivity contribution in [3.8, 4) is 5.75 Å². The summed E-state index contributed by atoms with van der Waals surface area (Å²) in [6.07, 6.45) is -0.301. The van der Waals surface area contributed by atoms with E-state index in [9.17, 15) is 9.59 Å². The highest BCUT2D eigenvalue weighted by molar-refractivity contribution is 5.95. The second-order valence-electron chi connectivity index (χ2n) is 11.3. The average Bonchev–Trinajstić information content (AvgIpc) is 3.10. The Hall–Kier alpha value is -3.48. The van der Waals surface area contributed by atoms with Crippen molar-refractivity contribution in [2.45, 2.75) is 72.1 Å². The minimum atomic E-state index is -0.680. The molecule has 0 fully saturated rings. The number of nitrogens with zero attached hydrogens (tertiary/aromatic N) is 2. The number of aromatic nitrogens is 1. The number of carbonyl (C=O) groups is 2. The maximum atomic E-state index is 13.7. The lowest BCUT2D eigenvalue weighted by atomic mass is 9.92. The van der Waals surface area contributed by atoms with E-state index in [0.717, 1.165) is 33.3 Å². The second-order valence-corrected chi connectivity index (χ2v) is 11.3. The first-order valence-electron chi connectivity index (χ1n) is 12.3. The molecule has 4 rings (SSSR count). The van der Waals surface area contributed by atoms with Crippen LogP contribution in [0.15, 0.2) is 42.5 Å². The molecule has 2 aromatic carbocycles. The van der Waals surface area contributed by atoms with E-state index in [2.05, 4.69) is 6.07 Å². The molecule has 0 spiro atoms. The highest BCUT2D eigenvalue weighted by Gasteiger charge is 2.40. The van der Waals surface area contributed by atoms with E-state index in [1.54, 1.807) is 16.6 Å². The summed E-state index contributed by atoms with van der Waals surface area (Å²) in [4.78, 5) is 28.8. The predicted molar refractivity (Wildman–Crippen MR) is 140 cm³/mol. The fourth-order valence-corrected chi connectivity index (χ4v) is 4.69. The van der Waals surface area contributed by atoms with E-state index in [-0.39, 0.29) is 0 Å². The summed E-state index contributed by atoms with van der Waals surface area (Å²) in [6, 6.07) is 13.1. The summed E-state index contributed by atoms with van der Waals surface area (Å²) in [5.74, 6) is 0.710. The number of methoxy groups -OCH3 is 1. The number of hydrogen-bond donors (Lipinski definition) is 0. The summed E-state index contributed by atoms with van der Waals surface area (Å²) < 4.78 is 18.7. The number of rotatable bonds is 2. The maximum Gasteiger partial charge on any atom is 0.419 e. The molecule has 0 saturated heterocycles. The molecule has 0 N–H and O–H groups in total. The topological polar surface area (TPSA) is 70.0 Å². The zero-order chi connectivity index (χ0) is 26.4. The predicted octanol–water partition coefficient (Wildman–Crippen LogP) is 6.62. The molecule has 0 radical (unpaired) electrons. The van der Waals surface area contributed by atoms with Crippen molar-refractivity contribution in [1.82, 2.24) is 9.47 Å². The molecule has 0 bridgehead atoms. The number of fused-ring (bicyclic) bond motifs is 3. The molecule has 1 amide bonds. The molecule has 192 valence electrons. The molecule has 7 nitrogen and oxygen atoms in total. The number of aryl methyl sites for hydroxylation is 1. The fraction of sp³-hybridized carbons (Fsp3) is 0.448. The highest BCUT2D eigenvalue weighted by atomic mass is 16.6. The normalized spacial score (nSPS) is 16.0. The Labute approximate surface area is 212 Å². The van der Waals surface area contributed by atoms with Gasteiger partial charge in [0.2, 0.25) is 0 Å². The van der Waals surface area contributed by atoms with Crippen molar-refractivity contribution in [2.75, 3.05) is 13.7 Å². The Morgan fingerprint density at radius 3 is 2.08 bits per heavy atom. The van der Waals surface area contributed by atoms with Gasteiger partial charge in [-0.05, 0) is 90.3 Å². The van der Waals surface area contributed by atoms with Gasteiger partial charge >= 0.3 is 12.2 Å². The highest BCUT2D eigenvalue weighted by Crippen LogP contribution is 2.42. The minimum Gasteiger partial charge on any atom is -0.497 e. The van der Waals surface area contributed by atoms with Crippen LogP contribution in [-0.4, -0.2) is 46.5 Å². The van der Waals surface area contributed by atoms with E-state index in [0.29, 0.717) is 18.7 Å². The Morgan fingerprint density at radius 2 is 1.50 bits per heavy atom. The van der Waals surface area contributed by atoms with Gasteiger partial charge in [0.15, 0.2) is 0 Å². The number of carbonyl (C=O) groups excluding carboxylic acids is 2. The molecule has 0 aliphatic carbocycles. The first kappa shape index (κ1) is 25.6. The lowest BCUT2D eigenvalue weighted by Gasteiger charge is -2.38. The molecule has 7 heteroatoms. The van der Waals surface area contributed by atoms with Gasteiger partial charge in [-0.25, -0.2) is 14.2 Å². The van der Waals surface area contributed by atoms with E-state index in [1.807, 2.05) is 84.9 Å². The van der Waals surface area contributed by atoms with Crippen LogP contribution >= 0.6 is 0 Å². The van der Waals surface area contributed by atoms with Crippen LogP contribution in [0.2, 0.25) is 0 Å². The van der Waals surface area contributed by atoms with Gasteiger partial charge in [0.25, 0.3) is 0 Å². The van der Waals surface area contributed by atoms with Crippen LogP contribution in [0.4, 0.5) is 9.59 Å². The van der Waals surface area contributed by atoms with Crippen LogP contribution in [0.3, 0.4) is 0 Å². The summed E-state index contributed by atoms with van der Waals surface area (Å²) in [5, 5.41) is 0.998. The molecule has 36 heavy (non-hydrogen) atoms. The van der Waals surface area contributed by atoms with Crippen LogP contribution in [0.5, 0.6) is 5.75 Å². The third kappa shape index (κ3) is 5.06. The summed E-state index contributed by atoms with van der Waals surface area (Å²) in [5.41, 5.74) is 3.16. The molecule has 1 aliphatic rings. The zero-order valence-corrected chi connectivity index (χ0v) is 22.5. The van der Waals surface area contributed by atoms with Crippen LogP contribution in [-0.2, 0) is 15.9 Å². The number of ether oxygens (including phenoxy) is 3. The monoisotopic (exact) mass is 492 g/mol. The van der Waals surface area contributed by atoms with Gasteiger partial charge in [0.1, 0.15) is 23.0 Å². The third-order valence-corrected chi connectivity index (χ3v) is 6.08. The molecular formula is C29H36N2O5. The summed E-state index contributed by atoms with van der Waals surface area (Å²) in [6.45, 7) is 13.6. The van der Waals surface area contributed by atoms with Crippen LogP contribution in [0, 0.1) is 6.92 Å². The lowest BCUT2D eigenvalue weighted by Crippen LogP contribution is -2.44. The van der Waals surface area contributed by atoms with Gasteiger partial charge in [0.05, 0.1) is 18.3 Å². The molecule has 0 saturated carbocycles. The maximum absolute atomic E-state index is 13.7. The van der Waals surface area contributed by atoms with Gasteiger partial charge < -0.3 is 14.2 Å². The number of hydrogen-bond acceptors (Lipinski definition) is 5. The van der Waals surface area contributed by atoms with Gasteiger partial charge in [-0.15, -0.1) is 0 Å². The molecule has 1 aliphatic heterocycles. The van der Waals surface area contributed by atoms with Crippen LogP contribution in [0.1, 0.15) is 70.0 Å². The van der Waals surface area contributed by atoms with E-state index in [1.165, 1.54) is 0 Å². The standard InChI is InChI=1S/C29H36N2O5/c1-18-9-14-23-22(17-18)21-15-16-30(26(32)35-28(2,3)4)24(19-10-12-20(34-8)13-11-19)25(21)31(23)27(33)36-29(5,6)7/h9-14,17,24H,15-16H2,1-8H3. The van der Waals surface area contributed by atoms with Crippen molar-refractivity contribution in [3.63, 3.8) is 0 Å². The number of amides is 1. The van der Waals surface area contributed by atoms with Crippen molar-refractivity contribution in [2.24, 2.45) is 0 Å². The Kier molecular flexibility index (Phi) is 6.54. The molecule has 1 unspecified atom stereocenters. The van der Waals surface area contributed by atoms with Crippen LogP contribution < -0.4 is 4.74 Å². The lowest BCUT2D eigenvalue weighted by molar-refractivity contribution is 0.0164. The summed E-state index contributed by atoms with van der Waals surface area (Å²) in [7, 11) is 1.61.